The number of ether oxygens (including phenoxy) is 2. The quantitative estimate of drug-likeness (QED) is 0.897. The van der Waals surface area contributed by atoms with Crippen molar-refractivity contribution in [1.29, 1.82) is 0 Å². The minimum Gasteiger partial charge on any atom is -0.454 e. The summed E-state index contributed by atoms with van der Waals surface area (Å²) in [5, 5.41) is 14.4. The highest BCUT2D eigenvalue weighted by Crippen LogP contribution is 2.32. The second-order valence-corrected chi connectivity index (χ2v) is 6.08. The summed E-state index contributed by atoms with van der Waals surface area (Å²) in [6.07, 6.45) is 1.61. The standard InChI is InChI=1S/C15H19N5O2/c1-15(2,3)19-13-8-17-20-14(18-13)16-7-10-4-5-11-12(6-10)22-9-21-11/h4-6,8H,7,9H2,1-3H3,(H2,16,18,19,20). The first-order valence-electron chi connectivity index (χ1n) is 7.10. The number of fused-ring (bicyclic) bond motifs is 1. The summed E-state index contributed by atoms with van der Waals surface area (Å²) < 4.78 is 10.7. The molecule has 0 atom stereocenters. The second kappa shape index (κ2) is 5.67. The molecule has 7 heteroatoms. The predicted octanol–water partition coefficient (Wildman–Crippen LogP) is 2.42. The van der Waals surface area contributed by atoms with E-state index in [0.29, 0.717) is 18.3 Å². The van der Waals surface area contributed by atoms with Crippen LogP contribution in [0.3, 0.4) is 0 Å². The molecule has 0 saturated heterocycles. The van der Waals surface area contributed by atoms with Crippen LogP contribution in [0.15, 0.2) is 24.4 Å². The maximum Gasteiger partial charge on any atom is 0.244 e. The van der Waals surface area contributed by atoms with Crippen molar-refractivity contribution in [2.75, 3.05) is 17.4 Å². The average molecular weight is 301 g/mol. The molecule has 2 heterocycles. The zero-order valence-corrected chi connectivity index (χ0v) is 12.9. The summed E-state index contributed by atoms with van der Waals surface area (Å²) >= 11 is 0. The molecule has 2 aromatic rings. The van der Waals surface area contributed by atoms with Gasteiger partial charge in [-0.25, -0.2) is 0 Å². The van der Waals surface area contributed by atoms with E-state index in [1.54, 1.807) is 6.20 Å². The molecule has 0 unspecified atom stereocenters. The van der Waals surface area contributed by atoms with Gasteiger partial charge in [0.2, 0.25) is 12.7 Å². The molecule has 7 nitrogen and oxygen atoms in total. The Kier molecular flexibility index (Phi) is 3.70. The number of hydrogen-bond donors (Lipinski definition) is 2. The van der Waals surface area contributed by atoms with Gasteiger partial charge in [-0.15, -0.1) is 5.10 Å². The van der Waals surface area contributed by atoms with Crippen LogP contribution in [-0.2, 0) is 6.54 Å². The van der Waals surface area contributed by atoms with Crippen LogP contribution in [0, 0.1) is 0 Å². The van der Waals surface area contributed by atoms with Gasteiger partial charge in [-0.05, 0) is 38.5 Å². The van der Waals surface area contributed by atoms with Crippen LogP contribution in [0.4, 0.5) is 11.8 Å². The van der Waals surface area contributed by atoms with E-state index in [1.165, 1.54) is 0 Å². The fourth-order valence-electron chi connectivity index (χ4n) is 2.05. The Morgan fingerprint density at radius 2 is 2.00 bits per heavy atom. The fraction of sp³-hybridized carbons (Fsp3) is 0.400. The number of nitrogens with one attached hydrogen (secondary N) is 2. The Hall–Kier alpha value is -2.57. The summed E-state index contributed by atoms with van der Waals surface area (Å²) in [6.45, 7) is 7.05. The maximum atomic E-state index is 5.36. The molecule has 1 aliphatic heterocycles. The minimum atomic E-state index is -0.0787. The van der Waals surface area contributed by atoms with Crippen LogP contribution < -0.4 is 20.1 Å². The van der Waals surface area contributed by atoms with E-state index in [1.807, 2.05) is 18.2 Å². The largest absolute Gasteiger partial charge is 0.454 e. The number of aromatic nitrogens is 3. The van der Waals surface area contributed by atoms with Gasteiger partial charge in [-0.3, -0.25) is 0 Å². The van der Waals surface area contributed by atoms with E-state index in [-0.39, 0.29) is 12.3 Å². The lowest BCUT2D eigenvalue weighted by Crippen LogP contribution is -2.27. The fourth-order valence-corrected chi connectivity index (χ4v) is 2.05. The Morgan fingerprint density at radius 3 is 2.82 bits per heavy atom. The van der Waals surface area contributed by atoms with Crippen LogP contribution in [0.2, 0.25) is 0 Å². The van der Waals surface area contributed by atoms with Crippen molar-refractivity contribution in [3.8, 4) is 11.5 Å². The number of hydrogen-bond acceptors (Lipinski definition) is 7. The summed E-state index contributed by atoms with van der Waals surface area (Å²) in [6, 6.07) is 5.82. The Morgan fingerprint density at radius 1 is 1.18 bits per heavy atom. The van der Waals surface area contributed by atoms with Crippen LogP contribution in [0.5, 0.6) is 11.5 Å². The minimum absolute atomic E-state index is 0.0787. The highest BCUT2D eigenvalue weighted by molar-refractivity contribution is 5.45. The topological polar surface area (TPSA) is 81.2 Å². The zero-order valence-electron chi connectivity index (χ0n) is 12.9. The normalized spacial score (nSPS) is 13.0. The van der Waals surface area contributed by atoms with Gasteiger partial charge in [0.25, 0.3) is 0 Å². The Balaban J connectivity index is 1.65. The molecule has 1 aliphatic rings. The molecular formula is C15H19N5O2. The van der Waals surface area contributed by atoms with Gasteiger partial charge in [0.05, 0.1) is 6.20 Å². The molecule has 0 bridgehead atoms. The summed E-state index contributed by atoms with van der Waals surface area (Å²) in [7, 11) is 0. The number of benzene rings is 1. The highest BCUT2D eigenvalue weighted by Gasteiger charge is 2.14. The molecule has 116 valence electrons. The number of nitrogens with zero attached hydrogens (tertiary/aromatic N) is 3. The third-order valence-corrected chi connectivity index (χ3v) is 2.95. The number of anilines is 2. The lowest BCUT2D eigenvalue weighted by molar-refractivity contribution is 0.174. The van der Waals surface area contributed by atoms with Gasteiger partial charge >= 0.3 is 0 Å². The third-order valence-electron chi connectivity index (χ3n) is 2.95. The zero-order chi connectivity index (χ0) is 15.6. The third kappa shape index (κ3) is 3.55. The first-order chi connectivity index (χ1) is 10.5. The molecule has 0 radical (unpaired) electrons. The molecule has 0 aliphatic carbocycles. The van der Waals surface area contributed by atoms with E-state index >= 15 is 0 Å². The van der Waals surface area contributed by atoms with E-state index in [4.69, 9.17) is 9.47 Å². The second-order valence-electron chi connectivity index (χ2n) is 6.08. The first-order valence-corrected chi connectivity index (χ1v) is 7.10. The van der Waals surface area contributed by atoms with Crippen LogP contribution in [0.1, 0.15) is 26.3 Å². The van der Waals surface area contributed by atoms with E-state index in [0.717, 1.165) is 17.1 Å². The van der Waals surface area contributed by atoms with Gasteiger partial charge in [0.1, 0.15) is 0 Å². The first kappa shape index (κ1) is 14.4. The van der Waals surface area contributed by atoms with E-state index in [2.05, 4.69) is 46.6 Å². The Labute approximate surface area is 129 Å². The maximum absolute atomic E-state index is 5.36. The molecule has 0 saturated carbocycles. The average Bonchev–Trinajstić information content (AvgIpc) is 2.91. The summed E-state index contributed by atoms with van der Waals surface area (Å²) in [4.78, 5) is 4.39. The molecule has 1 aromatic heterocycles. The molecule has 22 heavy (non-hydrogen) atoms. The van der Waals surface area contributed by atoms with Gasteiger partial charge in [0, 0.05) is 12.1 Å². The van der Waals surface area contributed by atoms with Crippen LogP contribution >= 0.6 is 0 Å². The number of rotatable bonds is 4. The van der Waals surface area contributed by atoms with Crippen molar-refractivity contribution < 1.29 is 9.47 Å². The predicted molar refractivity (Wildman–Crippen MR) is 83.1 cm³/mol. The Bertz CT molecular complexity index is 669. The van der Waals surface area contributed by atoms with Crippen molar-refractivity contribution >= 4 is 11.8 Å². The lowest BCUT2D eigenvalue weighted by Gasteiger charge is -2.20. The SMILES string of the molecule is CC(C)(C)Nc1cnnc(NCc2ccc3c(c2)OCO3)n1. The van der Waals surface area contributed by atoms with Gasteiger partial charge in [-0.2, -0.15) is 10.1 Å². The molecular weight excluding hydrogens is 282 g/mol. The smallest absolute Gasteiger partial charge is 0.244 e. The van der Waals surface area contributed by atoms with Crippen molar-refractivity contribution in [2.24, 2.45) is 0 Å². The molecule has 1 aromatic carbocycles. The molecule has 0 fully saturated rings. The van der Waals surface area contributed by atoms with Crippen LogP contribution in [0.25, 0.3) is 0 Å². The monoisotopic (exact) mass is 301 g/mol. The molecule has 0 amide bonds. The molecule has 3 rings (SSSR count). The summed E-state index contributed by atoms with van der Waals surface area (Å²) in [5.41, 5.74) is 0.979. The molecule has 2 N–H and O–H groups in total. The summed E-state index contributed by atoms with van der Waals surface area (Å²) in [5.74, 6) is 2.71. The van der Waals surface area contributed by atoms with E-state index in [9.17, 15) is 0 Å². The van der Waals surface area contributed by atoms with Crippen molar-refractivity contribution in [2.45, 2.75) is 32.9 Å². The van der Waals surface area contributed by atoms with Crippen molar-refractivity contribution in [3.05, 3.63) is 30.0 Å². The highest BCUT2D eigenvalue weighted by atomic mass is 16.7. The van der Waals surface area contributed by atoms with E-state index < -0.39 is 0 Å². The molecule has 0 spiro atoms. The van der Waals surface area contributed by atoms with Crippen molar-refractivity contribution in [1.82, 2.24) is 15.2 Å². The van der Waals surface area contributed by atoms with Gasteiger partial charge in [-0.1, -0.05) is 6.07 Å². The van der Waals surface area contributed by atoms with Gasteiger partial charge in [0.15, 0.2) is 17.3 Å². The lowest BCUT2D eigenvalue weighted by atomic mass is 10.1. The van der Waals surface area contributed by atoms with Gasteiger partial charge < -0.3 is 20.1 Å². The van der Waals surface area contributed by atoms with Crippen molar-refractivity contribution in [3.63, 3.8) is 0 Å². The van der Waals surface area contributed by atoms with Crippen LogP contribution in [-0.4, -0.2) is 27.5 Å².